The third-order valence-electron chi connectivity index (χ3n) is 4.05. The number of amides is 1. The zero-order valence-electron chi connectivity index (χ0n) is 16.7. The minimum atomic E-state index is -4.90. The number of phenols is 1. The van der Waals surface area contributed by atoms with E-state index in [1.165, 1.54) is 25.1 Å². The second-order valence-corrected chi connectivity index (χ2v) is 9.14. The number of fused-ring (bicyclic) bond motifs is 1. The Hall–Kier alpha value is -2.39. The van der Waals surface area contributed by atoms with Crippen molar-refractivity contribution in [2.24, 2.45) is 10.2 Å². The molecule has 3 aromatic rings. The van der Waals surface area contributed by atoms with Gasteiger partial charge in [-0.1, -0.05) is 6.07 Å². The summed E-state index contributed by atoms with van der Waals surface area (Å²) in [5, 5.41) is 20.8. The standard InChI is InChI=1S/C18H15N3O8S2.Na/c1-10(22)19-12-2-4-13(5-3-12)20-21-17-15-7-6-14(30(24,25)26)8-11(15)9-16(18(17)23)31(27,28)29;/h2-9,23H,1H3,(H,19,22)(H,24,25,26)(H,27,28,29);/q;+1. The van der Waals surface area contributed by atoms with Crippen LogP contribution in [0.25, 0.3) is 10.8 Å². The monoisotopic (exact) mass is 488 g/mol. The van der Waals surface area contributed by atoms with E-state index in [0.717, 1.165) is 18.2 Å². The van der Waals surface area contributed by atoms with Gasteiger partial charge in [-0.25, -0.2) is 0 Å². The van der Waals surface area contributed by atoms with Crippen LogP contribution in [0.4, 0.5) is 17.1 Å². The maximum Gasteiger partial charge on any atom is 1.00 e. The van der Waals surface area contributed by atoms with Crippen LogP contribution in [0.5, 0.6) is 5.75 Å². The number of rotatable bonds is 5. The molecule has 0 atom stereocenters. The molecule has 0 heterocycles. The number of benzene rings is 3. The summed E-state index contributed by atoms with van der Waals surface area (Å²) in [6.07, 6.45) is 0. The van der Waals surface area contributed by atoms with Crippen LogP contribution in [0.15, 0.2) is 68.6 Å². The number of anilines is 1. The first-order valence-electron chi connectivity index (χ1n) is 8.40. The van der Waals surface area contributed by atoms with Gasteiger partial charge >= 0.3 is 29.6 Å². The summed E-state index contributed by atoms with van der Waals surface area (Å²) in [5.41, 5.74) is 0.442. The Morgan fingerprint density at radius 3 is 2.06 bits per heavy atom. The predicted molar refractivity (Wildman–Crippen MR) is 110 cm³/mol. The maximum absolute atomic E-state index is 11.7. The quantitative estimate of drug-likeness (QED) is 0.226. The number of aromatic hydroxyl groups is 1. The van der Waals surface area contributed by atoms with Gasteiger partial charge < -0.3 is 10.4 Å². The molecule has 0 bridgehead atoms. The third kappa shape index (κ3) is 5.89. The van der Waals surface area contributed by atoms with Crippen LogP contribution in [0.3, 0.4) is 0 Å². The van der Waals surface area contributed by atoms with E-state index in [4.69, 9.17) is 0 Å². The van der Waals surface area contributed by atoms with E-state index in [0.29, 0.717) is 5.69 Å². The first-order valence-corrected chi connectivity index (χ1v) is 11.3. The van der Waals surface area contributed by atoms with Crippen molar-refractivity contribution in [1.29, 1.82) is 0 Å². The Kier molecular flexibility index (Phi) is 7.78. The van der Waals surface area contributed by atoms with Crippen LogP contribution >= 0.6 is 0 Å². The predicted octanol–water partition coefficient (Wildman–Crippen LogP) is 0.417. The van der Waals surface area contributed by atoms with Crippen LogP contribution in [0.2, 0.25) is 0 Å². The number of phenolic OH excluding ortho intramolecular Hbond substituents is 1. The molecular formula is C18H15N3NaO8S2+. The zero-order valence-corrected chi connectivity index (χ0v) is 20.3. The van der Waals surface area contributed by atoms with Crippen molar-refractivity contribution in [3.8, 4) is 5.75 Å². The van der Waals surface area contributed by atoms with Crippen molar-refractivity contribution in [2.75, 3.05) is 5.32 Å². The summed E-state index contributed by atoms with van der Waals surface area (Å²) >= 11 is 0. The number of carbonyl (C=O) groups is 1. The van der Waals surface area contributed by atoms with E-state index < -0.39 is 35.8 Å². The SMILES string of the molecule is CC(=O)Nc1ccc(N=Nc2c(O)c(S(=O)(=O)O)cc3cc(S(=O)(=O)O)ccc23)cc1.[Na+]. The van der Waals surface area contributed by atoms with E-state index >= 15 is 0 Å². The summed E-state index contributed by atoms with van der Waals surface area (Å²) in [7, 11) is -9.49. The minimum Gasteiger partial charge on any atom is -0.504 e. The van der Waals surface area contributed by atoms with Gasteiger partial charge in [-0.3, -0.25) is 13.9 Å². The molecule has 0 spiro atoms. The van der Waals surface area contributed by atoms with Crippen molar-refractivity contribution < 1.29 is 65.4 Å². The first-order chi connectivity index (χ1) is 14.4. The second kappa shape index (κ2) is 9.62. The average Bonchev–Trinajstić information content (AvgIpc) is 2.65. The molecular weight excluding hydrogens is 473 g/mol. The van der Waals surface area contributed by atoms with E-state index in [-0.39, 0.29) is 57.6 Å². The topological polar surface area (TPSA) is 183 Å². The van der Waals surface area contributed by atoms with Crippen molar-refractivity contribution in [3.63, 3.8) is 0 Å². The van der Waals surface area contributed by atoms with E-state index in [1.54, 1.807) is 12.1 Å². The van der Waals surface area contributed by atoms with Crippen LogP contribution in [0, 0.1) is 0 Å². The van der Waals surface area contributed by atoms with Gasteiger partial charge in [-0.05, 0) is 47.9 Å². The van der Waals surface area contributed by atoms with Crippen LogP contribution in [0.1, 0.15) is 6.92 Å². The van der Waals surface area contributed by atoms with Gasteiger partial charge in [-0.15, -0.1) is 5.11 Å². The van der Waals surface area contributed by atoms with Gasteiger partial charge in [0.05, 0.1) is 10.6 Å². The normalized spacial score (nSPS) is 12.0. The molecule has 11 nitrogen and oxygen atoms in total. The molecule has 0 aliphatic rings. The molecule has 0 saturated heterocycles. The number of nitrogens with zero attached hydrogens (tertiary/aromatic N) is 2. The average molecular weight is 488 g/mol. The molecule has 0 fully saturated rings. The Morgan fingerprint density at radius 2 is 1.53 bits per heavy atom. The molecule has 0 radical (unpaired) electrons. The Bertz CT molecular complexity index is 1440. The van der Waals surface area contributed by atoms with Crippen LogP contribution < -0.4 is 34.9 Å². The molecule has 0 aliphatic carbocycles. The van der Waals surface area contributed by atoms with Gasteiger partial charge in [0.2, 0.25) is 5.91 Å². The van der Waals surface area contributed by atoms with Crippen molar-refractivity contribution >= 4 is 54.0 Å². The fraction of sp³-hybridized carbons (Fsp3) is 0.0556. The molecule has 0 saturated carbocycles. The van der Waals surface area contributed by atoms with Crippen LogP contribution in [-0.2, 0) is 25.0 Å². The van der Waals surface area contributed by atoms with Gasteiger partial charge in [0.1, 0.15) is 10.6 Å². The molecule has 4 N–H and O–H groups in total. The fourth-order valence-electron chi connectivity index (χ4n) is 2.71. The Labute approximate surface area is 205 Å². The maximum atomic E-state index is 11.7. The number of carbonyl (C=O) groups excluding carboxylic acids is 1. The van der Waals surface area contributed by atoms with Crippen molar-refractivity contribution in [2.45, 2.75) is 16.7 Å². The van der Waals surface area contributed by atoms with E-state index in [2.05, 4.69) is 15.5 Å². The molecule has 162 valence electrons. The molecule has 3 rings (SSSR count). The van der Waals surface area contributed by atoms with Crippen molar-refractivity contribution in [1.82, 2.24) is 0 Å². The van der Waals surface area contributed by atoms with Crippen molar-refractivity contribution in [3.05, 3.63) is 48.5 Å². The first kappa shape index (κ1) is 25.9. The summed E-state index contributed by atoms with van der Waals surface area (Å²) in [6, 6.07) is 10.1. The van der Waals surface area contributed by atoms with Crippen LogP contribution in [-0.4, -0.2) is 37.0 Å². The second-order valence-electron chi connectivity index (χ2n) is 6.33. The number of nitrogens with one attached hydrogen (secondary N) is 1. The number of azo groups is 1. The summed E-state index contributed by atoms with van der Waals surface area (Å²) in [5.74, 6) is -1.16. The summed E-state index contributed by atoms with van der Waals surface area (Å²) < 4.78 is 64.7. The van der Waals surface area contributed by atoms with Gasteiger partial charge in [0.25, 0.3) is 20.2 Å². The summed E-state index contributed by atoms with van der Waals surface area (Å²) in [4.78, 5) is 9.63. The smallest absolute Gasteiger partial charge is 0.504 e. The zero-order chi connectivity index (χ0) is 23.0. The molecule has 0 aliphatic heterocycles. The van der Waals surface area contributed by atoms with E-state index in [9.17, 15) is 35.8 Å². The molecule has 1 amide bonds. The summed E-state index contributed by atoms with van der Waals surface area (Å²) in [6.45, 7) is 1.34. The molecule has 3 aromatic carbocycles. The van der Waals surface area contributed by atoms with Gasteiger partial charge in [0.15, 0.2) is 5.75 Å². The molecule has 0 unspecified atom stereocenters. The number of hydrogen-bond acceptors (Lipinski definition) is 8. The third-order valence-corrected chi connectivity index (χ3v) is 5.77. The number of hydrogen-bond donors (Lipinski definition) is 4. The Morgan fingerprint density at radius 1 is 0.906 bits per heavy atom. The minimum absolute atomic E-state index is 0. The van der Waals surface area contributed by atoms with Gasteiger partial charge in [-0.2, -0.15) is 21.9 Å². The fourth-order valence-corrected chi connectivity index (χ4v) is 3.84. The largest absolute Gasteiger partial charge is 1.00 e. The molecule has 0 aromatic heterocycles. The van der Waals surface area contributed by atoms with E-state index in [1.807, 2.05) is 0 Å². The molecule has 14 heteroatoms. The molecule has 32 heavy (non-hydrogen) atoms. The van der Waals surface area contributed by atoms with Gasteiger partial charge in [0, 0.05) is 18.0 Å². The Balaban J connectivity index is 0.00000363.